The van der Waals surface area contributed by atoms with E-state index < -0.39 is 6.03 Å². The lowest BCUT2D eigenvalue weighted by molar-refractivity contribution is -0.119. The molecule has 4 nitrogen and oxygen atoms in total. The molecule has 2 N–H and O–H groups in total. The van der Waals surface area contributed by atoms with Gasteiger partial charge in [0.15, 0.2) is 0 Å². The van der Waals surface area contributed by atoms with Gasteiger partial charge in [-0.05, 0) is 5.92 Å². The summed E-state index contributed by atoms with van der Waals surface area (Å²) in [5.41, 5.74) is 0. The maximum Gasteiger partial charge on any atom is 0.321 e. The van der Waals surface area contributed by atoms with Crippen molar-refractivity contribution in [2.75, 3.05) is 12.4 Å². The number of rotatable bonds is 6. The van der Waals surface area contributed by atoms with Crippen LogP contribution in [0.3, 0.4) is 0 Å². The van der Waals surface area contributed by atoms with Crippen molar-refractivity contribution >= 4 is 23.5 Å². The van der Waals surface area contributed by atoms with E-state index in [0.717, 1.165) is 12.8 Å². The van der Waals surface area contributed by atoms with Crippen LogP contribution in [0, 0.1) is 5.92 Å². The zero-order valence-electron chi connectivity index (χ0n) is 9.31. The highest BCUT2D eigenvalue weighted by Gasteiger charge is 2.08. The predicted octanol–water partition coefficient (Wildman–Crippen LogP) is 1.88. The summed E-state index contributed by atoms with van der Waals surface area (Å²) < 4.78 is 0. The molecule has 0 atom stereocenters. The first kappa shape index (κ1) is 14.2. The summed E-state index contributed by atoms with van der Waals surface area (Å²) in [7, 11) is 0. The lowest BCUT2D eigenvalue weighted by Crippen LogP contribution is -2.41. The monoisotopic (exact) mass is 234 g/mol. The second-order valence-corrected chi connectivity index (χ2v) is 3.76. The Bertz CT molecular complexity index is 206. The quantitative estimate of drug-likeness (QED) is 0.690. The maximum atomic E-state index is 11.2. The third kappa shape index (κ3) is 7.19. The first-order chi connectivity index (χ1) is 7.13. The normalized spacial score (nSPS) is 10.1. The Morgan fingerprint density at radius 2 is 1.87 bits per heavy atom. The first-order valence-electron chi connectivity index (χ1n) is 5.27. The largest absolute Gasteiger partial charge is 0.338 e. The summed E-state index contributed by atoms with van der Waals surface area (Å²) in [6.45, 7) is 4.76. The van der Waals surface area contributed by atoms with Gasteiger partial charge in [0, 0.05) is 18.8 Å². The van der Waals surface area contributed by atoms with Crippen LogP contribution in [0.4, 0.5) is 4.79 Å². The third-order valence-electron chi connectivity index (χ3n) is 2.28. The Morgan fingerprint density at radius 3 is 2.33 bits per heavy atom. The van der Waals surface area contributed by atoms with Gasteiger partial charge in [-0.3, -0.25) is 10.1 Å². The van der Waals surface area contributed by atoms with Crippen LogP contribution in [-0.4, -0.2) is 24.4 Å². The third-order valence-corrected chi connectivity index (χ3v) is 2.47. The molecule has 0 aromatic carbocycles. The predicted molar refractivity (Wildman–Crippen MR) is 61.0 cm³/mol. The second-order valence-electron chi connectivity index (χ2n) is 3.38. The van der Waals surface area contributed by atoms with Crippen molar-refractivity contribution < 1.29 is 9.59 Å². The lowest BCUT2D eigenvalue weighted by atomic mass is 10.0. The average Bonchev–Trinajstić information content (AvgIpc) is 2.19. The van der Waals surface area contributed by atoms with Crippen LogP contribution in [0.5, 0.6) is 0 Å². The maximum absolute atomic E-state index is 11.2. The Balaban J connectivity index is 3.69. The highest BCUT2D eigenvalue weighted by molar-refractivity contribution is 6.19. The molecule has 3 amide bonds. The van der Waals surface area contributed by atoms with Gasteiger partial charge in [-0.25, -0.2) is 4.79 Å². The Morgan fingerprint density at radius 1 is 1.27 bits per heavy atom. The molecular weight excluding hydrogens is 216 g/mol. The van der Waals surface area contributed by atoms with E-state index in [-0.39, 0.29) is 18.2 Å². The number of urea groups is 1. The number of carbonyl (C=O) groups excluding carboxylic acids is 2. The molecule has 0 fully saturated rings. The van der Waals surface area contributed by atoms with E-state index in [9.17, 15) is 9.59 Å². The van der Waals surface area contributed by atoms with Gasteiger partial charge in [-0.1, -0.05) is 26.7 Å². The zero-order chi connectivity index (χ0) is 11.7. The Labute approximate surface area is 95.7 Å². The van der Waals surface area contributed by atoms with E-state index in [1.54, 1.807) is 0 Å². The number of nitrogens with one attached hydrogen (secondary N) is 2. The molecule has 0 spiro atoms. The van der Waals surface area contributed by atoms with E-state index in [0.29, 0.717) is 12.5 Å². The molecule has 88 valence electrons. The summed E-state index contributed by atoms with van der Waals surface area (Å²) in [4.78, 5) is 22.2. The second kappa shape index (κ2) is 8.53. The van der Waals surface area contributed by atoms with Crippen molar-refractivity contribution in [1.82, 2.24) is 10.6 Å². The lowest BCUT2D eigenvalue weighted by Gasteiger charge is -2.13. The van der Waals surface area contributed by atoms with E-state index in [2.05, 4.69) is 24.5 Å². The van der Waals surface area contributed by atoms with Crippen molar-refractivity contribution in [3.63, 3.8) is 0 Å². The number of amides is 3. The molecular formula is C10H19ClN2O2. The van der Waals surface area contributed by atoms with Crippen molar-refractivity contribution in [2.24, 2.45) is 5.92 Å². The van der Waals surface area contributed by atoms with E-state index >= 15 is 0 Å². The van der Waals surface area contributed by atoms with E-state index in [4.69, 9.17) is 11.6 Å². The molecule has 0 unspecified atom stereocenters. The molecule has 0 heterocycles. The molecule has 5 heteroatoms. The molecule has 0 radical (unpaired) electrons. The topological polar surface area (TPSA) is 58.2 Å². The van der Waals surface area contributed by atoms with Gasteiger partial charge in [0.05, 0.1) is 0 Å². The number of hydrogen-bond acceptors (Lipinski definition) is 2. The summed E-state index contributed by atoms with van der Waals surface area (Å²) in [5, 5.41) is 4.87. The standard InChI is InChI=1S/C10H19ClN2O2/c1-3-8(4-2)7-12-10(15)13-9(14)5-6-11/h8H,3-7H2,1-2H3,(H2,12,13,14,15). The van der Waals surface area contributed by atoms with Crippen molar-refractivity contribution in [3.8, 4) is 0 Å². The zero-order valence-corrected chi connectivity index (χ0v) is 10.1. The van der Waals surface area contributed by atoms with Crippen molar-refractivity contribution in [3.05, 3.63) is 0 Å². The van der Waals surface area contributed by atoms with Gasteiger partial charge >= 0.3 is 6.03 Å². The van der Waals surface area contributed by atoms with Crippen molar-refractivity contribution in [1.29, 1.82) is 0 Å². The van der Waals surface area contributed by atoms with Crippen LogP contribution in [0.15, 0.2) is 0 Å². The number of hydrogen-bond donors (Lipinski definition) is 2. The Hall–Kier alpha value is -0.770. The van der Waals surface area contributed by atoms with Crippen LogP contribution >= 0.6 is 11.6 Å². The van der Waals surface area contributed by atoms with Gasteiger partial charge < -0.3 is 5.32 Å². The summed E-state index contributed by atoms with van der Waals surface area (Å²) in [6.07, 6.45) is 2.21. The van der Waals surface area contributed by atoms with Gasteiger partial charge in [0.1, 0.15) is 0 Å². The van der Waals surface area contributed by atoms with Gasteiger partial charge in [0.2, 0.25) is 5.91 Å². The fourth-order valence-corrected chi connectivity index (χ4v) is 1.31. The molecule has 0 rings (SSSR count). The highest BCUT2D eigenvalue weighted by atomic mass is 35.5. The highest BCUT2D eigenvalue weighted by Crippen LogP contribution is 2.04. The SMILES string of the molecule is CCC(CC)CNC(=O)NC(=O)CCCl. The van der Waals surface area contributed by atoms with Gasteiger partial charge in [-0.15, -0.1) is 11.6 Å². The fourth-order valence-electron chi connectivity index (χ4n) is 1.13. The minimum atomic E-state index is -0.433. The Kier molecular flexibility index (Phi) is 8.09. The smallest absolute Gasteiger partial charge is 0.321 e. The molecule has 0 aliphatic heterocycles. The number of halogens is 1. The van der Waals surface area contributed by atoms with Crippen LogP contribution in [0.2, 0.25) is 0 Å². The van der Waals surface area contributed by atoms with Crippen LogP contribution in [-0.2, 0) is 4.79 Å². The van der Waals surface area contributed by atoms with Crippen LogP contribution < -0.4 is 10.6 Å². The molecule has 0 saturated carbocycles. The average molecular weight is 235 g/mol. The summed E-state index contributed by atoms with van der Waals surface area (Å²) in [5.74, 6) is 0.358. The van der Waals surface area contributed by atoms with E-state index in [1.165, 1.54) is 0 Å². The first-order valence-corrected chi connectivity index (χ1v) is 5.81. The molecule has 15 heavy (non-hydrogen) atoms. The van der Waals surface area contributed by atoms with Crippen LogP contribution in [0.1, 0.15) is 33.1 Å². The molecule has 0 saturated heterocycles. The number of alkyl halides is 1. The molecule has 0 aliphatic carbocycles. The minimum absolute atomic E-state index is 0.167. The number of carbonyl (C=O) groups is 2. The molecule has 0 aliphatic rings. The number of imide groups is 1. The van der Waals surface area contributed by atoms with Gasteiger partial charge in [-0.2, -0.15) is 0 Å². The summed E-state index contributed by atoms with van der Waals surface area (Å²) in [6, 6.07) is -0.433. The molecule has 0 aromatic heterocycles. The van der Waals surface area contributed by atoms with E-state index in [1.807, 2.05) is 0 Å². The molecule has 0 bridgehead atoms. The van der Waals surface area contributed by atoms with Crippen LogP contribution in [0.25, 0.3) is 0 Å². The fraction of sp³-hybridized carbons (Fsp3) is 0.800. The molecule has 0 aromatic rings. The summed E-state index contributed by atoms with van der Waals surface area (Å²) >= 11 is 5.36. The minimum Gasteiger partial charge on any atom is -0.338 e. The van der Waals surface area contributed by atoms with Crippen molar-refractivity contribution in [2.45, 2.75) is 33.1 Å². The van der Waals surface area contributed by atoms with Gasteiger partial charge in [0.25, 0.3) is 0 Å².